The number of nitrogens with zero attached hydrogens (tertiary/aromatic N) is 2. The summed E-state index contributed by atoms with van der Waals surface area (Å²) in [5, 5.41) is 4.31. The van der Waals surface area contributed by atoms with Crippen molar-refractivity contribution in [2.75, 3.05) is 18.5 Å². The topological polar surface area (TPSA) is 62.8 Å². The molecule has 1 aliphatic rings. The Morgan fingerprint density at radius 3 is 3.24 bits per heavy atom. The van der Waals surface area contributed by atoms with Gasteiger partial charge in [-0.05, 0) is 25.8 Å². The Kier molecular flexibility index (Phi) is 2.68. The van der Waals surface area contributed by atoms with Gasteiger partial charge >= 0.3 is 0 Å². The number of hydrogen-bond acceptors (Lipinski definition) is 4. The first kappa shape index (κ1) is 10.5. The first-order chi connectivity index (χ1) is 8.38. The zero-order chi connectivity index (χ0) is 11.7. The van der Waals surface area contributed by atoms with E-state index >= 15 is 0 Å². The Balaban J connectivity index is 2.06. The second-order valence-electron chi connectivity index (χ2n) is 4.20. The van der Waals surface area contributed by atoms with Gasteiger partial charge < -0.3 is 15.0 Å². The SMILES string of the molecule is CCNc1nc(C2CCCO2)nc2[nH]ccc12. The molecule has 17 heavy (non-hydrogen) atoms. The van der Waals surface area contributed by atoms with E-state index in [2.05, 4.69) is 27.2 Å². The molecule has 3 heterocycles. The maximum Gasteiger partial charge on any atom is 0.161 e. The largest absolute Gasteiger partial charge is 0.370 e. The number of rotatable bonds is 3. The van der Waals surface area contributed by atoms with Gasteiger partial charge in [-0.1, -0.05) is 0 Å². The molecular weight excluding hydrogens is 216 g/mol. The monoisotopic (exact) mass is 232 g/mol. The average molecular weight is 232 g/mol. The molecule has 0 aliphatic carbocycles. The molecular formula is C12H16N4O. The zero-order valence-corrected chi connectivity index (χ0v) is 9.86. The lowest BCUT2D eigenvalue weighted by Crippen LogP contribution is -2.07. The summed E-state index contributed by atoms with van der Waals surface area (Å²) in [5.41, 5.74) is 0.876. The number of hydrogen-bond donors (Lipinski definition) is 2. The van der Waals surface area contributed by atoms with Crippen molar-refractivity contribution in [3.63, 3.8) is 0 Å². The third-order valence-corrected chi connectivity index (χ3v) is 2.99. The second-order valence-corrected chi connectivity index (χ2v) is 4.20. The number of H-pyrrole nitrogens is 1. The van der Waals surface area contributed by atoms with Crippen LogP contribution in [0.1, 0.15) is 31.7 Å². The van der Waals surface area contributed by atoms with Gasteiger partial charge in [-0.2, -0.15) is 0 Å². The molecule has 0 aromatic carbocycles. The fourth-order valence-corrected chi connectivity index (χ4v) is 2.19. The lowest BCUT2D eigenvalue weighted by molar-refractivity contribution is 0.105. The third-order valence-electron chi connectivity index (χ3n) is 2.99. The van der Waals surface area contributed by atoms with E-state index < -0.39 is 0 Å². The van der Waals surface area contributed by atoms with E-state index in [1.54, 1.807) is 0 Å². The minimum Gasteiger partial charge on any atom is -0.370 e. The van der Waals surface area contributed by atoms with Crippen molar-refractivity contribution in [2.24, 2.45) is 0 Å². The van der Waals surface area contributed by atoms with Crippen LogP contribution in [0.25, 0.3) is 11.0 Å². The van der Waals surface area contributed by atoms with E-state index in [0.29, 0.717) is 0 Å². The van der Waals surface area contributed by atoms with Crippen LogP contribution in [-0.4, -0.2) is 28.1 Å². The van der Waals surface area contributed by atoms with Gasteiger partial charge in [-0.15, -0.1) is 0 Å². The lowest BCUT2D eigenvalue weighted by Gasteiger charge is -2.11. The van der Waals surface area contributed by atoms with E-state index in [-0.39, 0.29) is 6.10 Å². The molecule has 2 N–H and O–H groups in total. The fourth-order valence-electron chi connectivity index (χ4n) is 2.19. The van der Waals surface area contributed by atoms with Crippen LogP contribution < -0.4 is 5.32 Å². The Morgan fingerprint density at radius 2 is 2.47 bits per heavy atom. The number of nitrogens with one attached hydrogen (secondary N) is 2. The highest BCUT2D eigenvalue weighted by Gasteiger charge is 2.22. The van der Waals surface area contributed by atoms with E-state index in [4.69, 9.17) is 4.74 Å². The highest BCUT2D eigenvalue weighted by Crippen LogP contribution is 2.29. The van der Waals surface area contributed by atoms with Gasteiger partial charge in [0.25, 0.3) is 0 Å². The Bertz CT molecular complexity index is 516. The zero-order valence-electron chi connectivity index (χ0n) is 9.86. The molecule has 3 rings (SSSR count). The van der Waals surface area contributed by atoms with Gasteiger partial charge in [-0.3, -0.25) is 0 Å². The molecule has 0 spiro atoms. The quantitative estimate of drug-likeness (QED) is 0.852. The summed E-state index contributed by atoms with van der Waals surface area (Å²) < 4.78 is 5.63. The maximum atomic E-state index is 5.63. The summed E-state index contributed by atoms with van der Waals surface area (Å²) in [6.45, 7) is 3.72. The third kappa shape index (κ3) is 1.86. The molecule has 1 atom stereocenters. The first-order valence-corrected chi connectivity index (χ1v) is 6.09. The van der Waals surface area contributed by atoms with Gasteiger partial charge in [0.2, 0.25) is 0 Å². The van der Waals surface area contributed by atoms with Crippen LogP contribution in [0.4, 0.5) is 5.82 Å². The van der Waals surface area contributed by atoms with Gasteiger partial charge in [0.1, 0.15) is 17.6 Å². The molecule has 1 fully saturated rings. The van der Waals surface area contributed by atoms with Gasteiger partial charge in [0.15, 0.2) is 5.82 Å². The van der Waals surface area contributed by atoms with Crippen LogP contribution in [0.3, 0.4) is 0 Å². The normalized spacial score (nSPS) is 19.9. The summed E-state index contributed by atoms with van der Waals surface area (Å²) in [7, 11) is 0. The van der Waals surface area contributed by atoms with Crippen molar-refractivity contribution in [1.82, 2.24) is 15.0 Å². The van der Waals surface area contributed by atoms with E-state index in [1.165, 1.54) is 0 Å². The predicted molar refractivity (Wildman–Crippen MR) is 66.0 cm³/mol. The molecule has 5 nitrogen and oxygen atoms in total. The number of ether oxygens (including phenoxy) is 1. The Morgan fingerprint density at radius 1 is 1.53 bits per heavy atom. The number of aromatic nitrogens is 3. The molecule has 1 aliphatic heterocycles. The maximum absolute atomic E-state index is 5.63. The van der Waals surface area contributed by atoms with Crippen LogP contribution in [0.15, 0.2) is 12.3 Å². The number of aromatic amines is 1. The second kappa shape index (κ2) is 4.33. The van der Waals surface area contributed by atoms with Crippen molar-refractivity contribution in [1.29, 1.82) is 0 Å². The Hall–Kier alpha value is -1.62. The van der Waals surface area contributed by atoms with Crippen molar-refractivity contribution < 1.29 is 4.74 Å². The average Bonchev–Trinajstić information content (AvgIpc) is 3.00. The molecule has 0 radical (unpaired) electrons. The fraction of sp³-hybridized carbons (Fsp3) is 0.500. The molecule has 1 saturated heterocycles. The molecule has 5 heteroatoms. The molecule has 90 valence electrons. The highest BCUT2D eigenvalue weighted by molar-refractivity contribution is 5.86. The summed E-state index contributed by atoms with van der Waals surface area (Å²) >= 11 is 0. The van der Waals surface area contributed by atoms with E-state index in [1.807, 2.05) is 12.3 Å². The van der Waals surface area contributed by atoms with E-state index in [0.717, 1.165) is 48.7 Å². The van der Waals surface area contributed by atoms with Crippen LogP contribution >= 0.6 is 0 Å². The minimum atomic E-state index is 0.0557. The first-order valence-electron chi connectivity index (χ1n) is 6.09. The van der Waals surface area contributed by atoms with Crippen LogP contribution in [-0.2, 0) is 4.74 Å². The molecule has 2 aromatic rings. The van der Waals surface area contributed by atoms with Crippen LogP contribution in [0.2, 0.25) is 0 Å². The summed E-state index contributed by atoms with van der Waals surface area (Å²) in [5.74, 6) is 1.68. The van der Waals surface area contributed by atoms with Crippen molar-refractivity contribution in [2.45, 2.75) is 25.9 Å². The van der Waals surface area contributed by atoms with Crippen LogP contribution in [0, 0.1) is 0 Å². The highest BCUT2D eigenvalue weighted by atomic mass is 16.5. The smallest absolute Gasteiger partial charge is 0.161 e. The van der Waals surface area contributed by atoms with Gasteiger partial charge in [-0.25, -0.2) is 9.97 Å². The van der Waals surface area contributed by atoms with Crippen LogP contribution in [0.5, 0.6) is 0 Å². The summed E-state index contributed by atoms with van der Waals surface area (Å²) in [6, 6.07) is 1.99. The lowest BCUT2D eigenvalue weighted by atomic mass is 10.2. The van der Waals surface area contributed by atoms with Crippen molar-refractivity contribution in [3.8, 4) is 0 Å². The van der Waals surface area contributed by atoms with Gasteiger partial charge in [0, 0.05) is 19.3 Å². The predicted octanol–water partition coefficient (Wildman–Crippen LogP) is 2.24. The van der Waals surface area contributed by atoms with Gasteiger partial charge in [0.05, 0.1) is 5.39 Å². The molecule has 0 amide bonds. The molecule has 0 bridgehead atoms. The minimum absolute atomic E-state index is 0.0557. The standard InChI is InChI=1S/C12H16N4O/c1-2-13-10-8-5-6-14-11(8)16-12(15-10)9-4-3-7-17-9/h5-6,9H,2-4,7H2,1H3,(H2,13,14,15,16). The van der Waals surface area contributed by atoms with E-state index in [9.17, 15) is 0 Å². The number of fused-ring (bicyclic) bond motifs is 1. The van der Waals surface area contributed by atoms with Crippen molar-refractivity contribution >= 4 is 16.9 Å². The summed E-state index contributed by atoms with van der Waals surface area (Å²) in [6.07, 6.45) is 4.05. The molecule has 0 saturated carbocycles. The Labute approximate surface area is 99.6 Å². The van der Waals surface area contributed by atoms with Crippen molar-refractivity contribution in [3.05, 3.63) is 18.1 Å². The molecule has 1 unspecified atom stereocenters. The number of anilines is 1. The molecule has 2 aromatic heterocycles. The summed E-state index contributed by atoms with van der Waals surface area (Å²) in [4.78, 5) is 12.2.